The maximum atomic E-state index is 13.8. The smallest absolute Gasteiger partial charge is 0.234 e. The number of para-hydroxylation sites is 1. The molecule has 0 aliphatic carbocycles. The Morgan fingerprint density at radius 1 is 1.00 bits per heavy atom. The lowest BCUT2D eigenvalue weighted by Gasteiger charge is -2.35. The Hall–Kier alpha value is -2.47. The van der Waals surface area contributed by atoms with Crippen LogP contribution in [-0.4, -0.2) is 43.5 Å². The van der Waals surface area contributed by atoms with Gasteiger partial charge in [0.15, 0.2) is 0 Å². The Morgan fingerprint density at radius 3 is 2.48 bits per heavy atom. The second kappa shape index (κ2) is 8.07. The summed E-state index contributed by atoms with van der Waals surface area (Å²) >= 11 is 0. The Bertz CT molecular complexity index is 730. The van der Waals surface area contributed by atoms with Gasteiger partial charge in [0, 0.05) is 32.7 Å². The molecule has 3 rings (SSSR count). The van der Waals surface area contributed by atoms with E-state index in [-0.39, 0.29) is 17.5 Å². The summed E-state index contributed by atoms with van der Waals surface area (Å²) in [4.78, 5) is 16.1. The van der Waals surface area contributed by atoms with Crippen LogP contribution in [0.15, 0.2) is 48.5 Å². The molecule has 1 N–H and O–H groups in total. The molecule has 0 spiro atoms. The molecule has 0 bridgehead atoms. The van der Waals surface area contributed by atoms with Crippen molar-refractivity contribution in [2.24, 2.45) is 0 Å². The van der Waals surface area contributed by atoms with E-state index in [1.165, 1.54) is 18.2 Å². The molecule has 1 fully saturated rings. The highest BCUT2D eigenvalue weighted by Gasteiger charge is 2.20. The van der Waals surface area contributed by atoms with Gasteiger partial charge in [0.25, 0.3) is 0 Å². The van der Waals surface area contributed by atoms with Gasteiger partial charge >= 0.3 is 0 Å². The predicted octanol–water partition coefficient (Wildman–Crippen LogP) is 2.40. The zero-order chi connectivity index (χ0) is 17.6. The number of nitrogens with zero attached hydrogens (tertiary/aromatic N) is 2. The number of hydrogen-bond donors (Lipinski definition) is 1. The topological polar surface area (TPSA) is 35.6 Å². The Balaban J connectivity index is 1.44. The van der Waals surface area contributed by atoms with Crippen LogP contribution in [0.1, 0.15) is 5.56 Å². The molecule has 2 aromatic rings. The van der Waals surface area contributed by atoms with E-state index in [0.29, 0.717) is 45.0 Å². The van der Waals surface area contributed by atoms with E-state index in [1.807, 2.05) is 15.9 Å². The van der Waals surface area contributed by atoms with Crippen LogP contribution in [-0.2, 0) is 11.3 Å². The van der Waals surface area contributed by atoms with Crippen LogP contribution in [0.2, 0.25) is 0 Å². The lowest BCUT2D eigenvalue weighted by atomic mass is 10.2. The minimum atomic E-state index is -0.309. The second-order valence-electron chi connectivity index (χ2n) is 6.12. The number of piperazine rings is 1. The van der Waals surface area contributed by atoms with Crippen LogP contribution in [0.5, 0.6) is 0 Å². The van der Waals surface area contributed by atoms with Gasteiger partial charge in [-0.15, -0.1) is 0 Å². The quantitative estimate of drug-likeness (QED) is 0.904. The van der Waals surface area contributed by atoms with Crippen molar-refractivity contribution in [2.75, 3.05) is 37.6 Å². The molecule has 132 valence electrons. The molecule has 1 saturated heterocycles. The van der Waals surface area contributed by atoms with E-state index in [2.05, 4.69) is 5.32 Å². The number of nitrogens with one attached hydrogen (secondary N) is 1. The fourth-order valence-electron chi connectivity index (χ4n) is 2.96. The van der Waals surface area contributed by atoms with Crippen molar-refractivity contribution in [1.29, 1.82) is 0 Å². The molecule has 0 radical (unpaired) electrons. The molecule has 1 heterocycles. The number of carbonyl (C=O) groups is 1. The molecule has 0 atom stereocenters. The normalized spacial score (nSPS) is 15.2. The Kier molecular flexibility index (Phi) is 5.60. The van der Waals surface area contributed by atoms with Gasteiger partial charge in [0.1, 0.15) is 11.6 Å². The monoisotopic (exact) mass is 345 g/mol. The summed E-state index contributed by atoms with van der Waals surface area (Å²) in [6.45, 7) is 3.35. The molecule has 0 saturated carbocycles. The molecular weight excluding hydrogens is 324 g/mol. The summed E-state index contributed by atoms with van der Waals surface area (Å²) in [5, 5.41) is 2.80. The lowest BCUT2D eigenvalue weighted by Crippen LogP contribution is -2.49. The maximum Gasteiger partial charge on any atom is 0.234 e. The fraction of sp³-hybridized carbons (Fsp3) is 0.316. The summed E-state index contributed by atoms with van der Waals surface area (Å²) in [7, 11) is 0. The zero-order valence-electron chi connectivity index (χ0n) is 13.9. The fourth-order valence-corrected chi connectivity index (χ4v) is 2.96. The van der Waals surface area contributed by atoms with Crippen molar-refractivity contribution in [1.82, 2.24) is 10.2 Å². The molecule has 0 aromatic heterocycles. The van der Waals surface area contributed by atoms with Gasteiger partial charge in [-0.25, -0.2) is 8.78 Å². The third kappa shape index (κ3) is 4.76. The Labute approximate surface area is 146 Å². The van der Waals surface area contributed by atoms with Gasteiger partial charge in [0.2, 0.25) is 5.91 Å². The number of halogens is 2. The number of rotatable bonds is 5. The zero-order valence-corrected chi connectivity index (χ0v) is 13.9. The first kappa shape index (κ1) is 17.4. The van der Waals surface area contributed by atoms with E-state index in [4.69, 9.17) is 0 Å². The first-order chi connectivity index (χ1) is 12.1. The van der Waals surface area contributed by atoms with Gasteiger partial charge in [-0.3, -0.25) is 9.69 Å². The summed E-state index contributed by atoms with van der Waals surface area (Å²) in [6.07, 6.45) is 0. The third-order valence-electron chi connectivity index (χ3n) is 4.31. The van der Waals surface area contributed by atoms with Crippen molar-refractivity contribution in [2.45, 2.75) is 6.54 Å². The van der Waals surface area contributed by atoms with Gasteiger partial charge in [0.05, 0.1) is 12.2 Å². The van der Waals surface area contributed by atoms with Gasteiger partial charge in [-0.2, -0.15) is 0 Å². The highest BCUT2D eigenvalue weighted by Crippen LogP contribution is 2.19. The van der Waals surface area contributed by atoms with Crippen molar-refractivity contribution in [3.8, 4) is 0 Å². The Morgan fingerprint density at radius 2 is 1.76 bits per heavy atom. The molecule has 1 aliphatic rings. The molecule has 1 amide bonds. The highest BCUT2D eigenvalue weighted by molar-refractivity contribution is 5.78. The average Bonchev–Trinajstić information content (AvgIpc) is 2.61. The van der Waals surface area contributed by atoms with Crippen molar-refractivity contribution in [3.05, 3.63) is 65.7 Å². The summed E-state index contributed by atoms with van der Waals surface area (Å²) < 4.78 is 26.9. The van der Waals surface area contributed by atoms with Crippen molar-refractivity contribution < 1.29 is 13.6 Å². The molecule has 4 nitrogen and oxygen atoms in total. The third-order valence-corrected chi connectivity index (χ3v) is 4.31. The van der Waals surface area contributed by atoms with Gasteiger partial charge in [-0.05, 0) is 29.8 Å². The van der Waals surface area contributed by atoms with E-state index in [9.17, 15) is 13.6 Å². The van der Waals surface area contributed by atoms with Crippen LogP contribution < -0.4 is 10.2 Å². The van der Waals surface area contributed by atoms with Gasteiger partial charge < -0.3 is 10.2 Å². The van der Waals surface area contributed by atoms with E-state index in [1.54, 1.807) is 24.3 Å². The van der Waals surface area contributed by atoms with E-state index < -0.39 is 0 Å². The van der Waals surface area contributed by atoms with Gasteiger partial charge in [-0.1, -0.05) is 24.3 Å². The van der Waals surface area contributed by atoms with Crippen LogP contribution in [0, 0.1) is 11.6 Å². The average molecular weight is 345 g/mol. The SMILES string of the molecule is O=C(CN1CCN(c2ccccc2F)CC1)NCc1cccc(F)c1. The largest absolute Gasteiger partial charge is 0.367 e. The number of amides is 1. The minimum Gasteiger partial charge on any atom is -0.367 e. The predicted molar refractivity (Wildman–Crippen MR) is 93.3 cm³/mol. The number of anilines is 1. The van der Waals surface area contributed by atoms with Crippen molar-refractivity contribution >= 4 is 11.6 Å². The lowest BCUT2D eigenvalue weighted by molar-refractivity contribution is -0.122. The molecular formula is C19H21F2N3O. The van der Waals surface area contributed by atoms with Crippen LogP contribution in [0.3, 0.4) is 0 Å². The highest BCUT2D eigenvalue weighted by atomic mass is 19.1. The minimum absolute atomic E-state index is 0.0939. The van der Waals surface area contributed by atoms with Crippen molar-refractivity contribution in [3.63, 3.8) is 0 Å². The molecule has 25 heavy (non-hydrogen) atoms. The summed E-state index contributed by atoms with van der Waals surface area (Å²) in [5.41, 5.74) is 1.34. The van der Waals surface area contributed by atoms with E-state index >= 15 is 0 Å². The summed E-state index contributed by atoms with van der Waals surface area (Å²) in [5.74, 6) is -0.622. The van der Waals surface area contributed by atoms with E-state index in [0.717, 1.165) is 5.56 Å². The molecule has 2 aromatic carbocycles. The molecule has 0 unspecified atom stereocenters. The standard InChI is InChI=1S/C19H21F2N3O/c20-16-5-3-4-15(12-16)13-22-19(25)14-23-8-10-24(11-9-23)18-7-2-1-6-17(18)21/h1-7,12H,8-11,13-14H2,(H,22,25). The van der Waals surface area contributed by atoms with Crippen LogP contribution in [0.25, 0.3) is 0 Å². The second-order valence-corrected chi connectivity index (χ2v) is 6.12. The van der Waals surface area contributed by atoms with Crippen LogP contribution >= 0.6 is 0 Å². The molecule has 1 aliphatic heterocycles. The molecule has 6 heteroatoms. The first-order valence-electron chi connectivity index (χ1n) is 8.35. The number of benzene rings is 2. The first-order valence-corrected chi connectivity index (χ1v) is 8.35. The summed E-state index contributed by atoms with van der Waals surface area (Å²) in [6, 6.07) is 12.9. The number of carbonyl (C=O) groups excluding carboxylic acids is 1. The maximum absolute atomic E-state index is 13.8. The number of hydrogen-bond acceptors (Lipinski definition) is 3. The van der Waals surface area contributed by atoms with Crippen LogP contribution in [0.4, 0.5) is 14.5 Å².